The minimum atomic E-state index is -1.50. The van der Waals surface area contributed by atoms with E-state index in [1.54, 1.807) is 37.1 Å². The normalized spacial score (nSPS) is 16.5. The summed E-state index contributed by atoms with van der Waals surface area (Å²) in [7, 11) is -0.0132. The van der Waals surface area contributed by atoms with Crippen molar-refractivity contribution >= 4 is 26.7 Å². The lowest BCUT2D eigenvalue weighted by atomic mass is 9.82. The van der Waals surface area contributed by atoms with Crippen LogP contribution in [-0.4, -0.2) is 56.4 Å². The predicted molar refractivity (Wildman–Crippen MR) is 166 cm³/mol. The number of hydrogen-bond acceptors (Lipinski definition) is 7. The summed E-state index contributed by atoms with van der Waals surface area (Å²) in [4.78, 5) is 28.7. The van der Waals surface area contributed by atoms with E-state index in [0.29, 0.717) is 17.9 Å². The maximum Gasteiger partial charge on any atom is 0.416 e. The van der Waals surface area contributed by atoms with Gasteiger partial charge in [0.15, 0.2) is 20.5 Å². The SMILES string of the molecule is C=C(C)OC(=O)Nc1cc(OCc2ccccc2)c(OC)cc1C(=O)N1C=C(C(C)O)C[C@H]1C(O[SiH](C)C)C(C)(C)C. The maximum atomic E-state index is 14.4. The van der Waals surface area contributed by atoms with Gasteiger partial charge in [-0.1, -0.05) is 57.7 Å². The molecular formula is C32H44N2O7Si. The van der Waals surface area contributed by atoms with E-state index < -0.39 is 27.1 Å². The van der Waals surface area contributed by atoms with Gasteiger partial charge in [0.25, 0.3) is 5.91 Å². The van der Waals surface area contributed by atoms with Crippen molar-refractivity contribution in [3.05, 3.63) is 77.7 Å². The van der Waals surface area contributed by atoms with E-state index in [9.17, 15) is 14.7 Å². The Balaban J connectivity index is 2.09. The van der Waals surface area contributed by atoms with Gasteiger partial charge in [-0.25, -0.2) is 4.79 Å². The number of rotatable bonds is 11. The van der Waals surface area contributed by atoms with E-state index in [2.05, 4.69) is 45.8 Å². The number of benzene rings is 2. The molecule has 9 nitrogen and oxygen atoms in total. The average molecular weight is 597 g/mol. The van der Waals surface area contributed by atoms with Crippen molar-refractivity contribution < 1.29 is 33.3 Å². The summed E-state index contributed by atoms with van der Waals surface area (Å²) in [6.07, 6.45) is 0.330. The average Bonchev–Trinajstić information content (AvgIpc) is 3.35. The number of anilines is 1. The summed E-state index contributed by atoms with van der Waals surface area (Å²) in [5.41, 5.74) is 1.72. The minimum Gasteiger partial charge on any atom is -0.493 e. The van der Waals surface area contributed by atoms with Crippen LogP contribution in [0.25, 0.3) is 0 Å². The second-order valence-electron chi connectivity index (χ2n) is 11.9. The van der Waals surface area contributed by atoms with Gasteiger partial charge in [0, 0.05) is 12.3 Å². The molecule has 0 saturated heterocycles. The number of amides is 2. The van der Waals surface area contributed by atoms with Crippen LogP contribution in [0.3, 0.4) is 0 Å². The first-order valence-corrected chi connectivity index (χ1v) is 16.9. The van der Waals surface area contributed by atoms with Crippen molar-refractivity contribution in [1.29, 1.82) is 0 Å². The smallest absolute Gasteiger partial charge is 0.416 e. The van der Waals surface area contributed by atoms with Crippen molar-refractivity contribution in [2.45, 2.75) is 79.0 Å². The zero-order valence-electron chi connectivity index (χ0n) is 25.9. The van der Waals surface area contributed by atoms with E-state index in [1.165, 1.54) is 7.11 Å². The molecule has 2 unspecified atom stereocenters. The van der Waals surface area contributed by atoms with Crippen LogP contribution < -0.4 is 14.8 Å². The summed E-state index contributed by atoms with van der Waals surface area (Å²) < 4.78 is 23.3. The molecule has 0 aliphatic carbocycles. The number of nitrogens with zero attached hydrogens (tertiary/aromatic N) is 1. The molecule has 0 saturated carbocycles. The van der Waals surface area contributed by atoms with Gasteiger partial charge in [-0.3, -0.25) is 10.1 Å². The molecule has 1 aliphatic rings. The van der Waals surface area contributed by atoms with E-state index in [-0.39, 0.29) is 41.2 Å². The van der Waals surface area contributed by atoms with Crippen LogP contribution in [0, 0.1) is 5.41 Å². The molecule has 42 heavy (non-hydrogen) atoms. The number of hydrogen-bond donors (Lipinski definition) is 2. The lowest BCUT2D eigenvalue weighted by Crippen LogP contribution is -2.50. The first kappa shape index (κ1) is 32.9. The standard InChI is InChI=1S/C32H44N2O7Si/c1-20(2)40-31(37)33-25-17-28(39-19-22-13-11-10-12-14-22)27(38-7)16-24(25)30(36)34-18-23(21(3)35)15-26(34)29(32(4,5)6)41-42(8)9/h10-14,16-18,21,26,29,35,42H,1,15,19H2,2-9H3,(H,33,37)/t21?,26-,29?/m0/s1. The Morgan fingerprint density at radius 3 is 2.38 bits per heavy atom. The largest absolute Gasteiger partial charge is 0.493 e. The number of carbonyl (C=O) groups is 2. The number of aliphatic hydroxyl groups excluding tert-OH is 1. The number of aliphatic hydroxyl groups is 1. The second kappa shape index (κ2) is 14.0. The third-order valence-corrected chi connectivity index (χ3v) is 7.61. The van der Waals surface area contributed by atoms with Crippen molar-refractivity contribution in [2.75, 3.05) is 12.4 Å². The Kier molecular flexibility index (Phi) is 11.0. The van der Waals surface area contributed by atoms with Crippen molar-refractivity contribution in [2.24, 2.45) is 5.41 Å². The van der Waals surface area contributed by atoms with Crippen LogP contribution in [0.2, 0.25) is 13.1 Å². The van der Waals surface area contributed by atoms with Crippen molar-refractivity contribution in [3.8, 4) is 11.5 Å². The molecule has 0 fully saturated rings. The zero-order valence-corrected chi connectivity index (χ0v) is 27.0. The quantitative estimate of drug-likeness (QED) is 0.233. The van der Waals surface area contributed by atoms with E-state index in [1.807, 2.05) is 30.3 Å². The molecule has 0 spiro atoms. The number of allylic oxidation sites excluding steroid dienone is 1. The molecule has 1 aliphatic heterocycles. The summed E-state index contributed by atoms with van der Waals surface area (Å²) >= 11 is 0. The lowest BCUT2D eigenvalue weighted by Gasteiger charge is -2.40. The molecule has 1 heterocycles. The molecule has 0 radical (unpaired) electrons. The van der Waals surface area contributed by atoms with E-state index >= 15 is 0 Å². The van der Waals surface area contributed by atoms with E-state index in [4.69, 9.17) is 18.6 Å². The Morgan fingerprint density at radius 2 is 1.83 bits per heavy atom. The predicted octanol–water partition coefficient (Wildman–Crippen LogP) is 6.25. The first-order valence-electron chi connectivity index (χ1n) is 14.1. The fourth-order valence-electron chi connectivity index (χ4n) is 4.85. The molecule has 2 aromatic carbocycles. The summed E-state index contributed by atoms with van der Waals surface area (Å²) in [5, 5.41) is 13.2. The third kappa shape index (κ3) is 8.47. The number of ether oxygens (including phenoxy) is 3. The number of nitrogens with one attached hydrogen (secondary N) is 1. The summed E-state index contributed by atoms with van der Waals surface area (Å²) in [6, 6.07) is 12.3. The number of methoxy groups -OCH3 is 1. The van der Waals surface area contributed by atoms with Crippen LogP contribution in [0.1, 0.15) is 57.0 Å². The molecule has 2 N–H and O–H groups in total. The monoisotopic (exact) mass is 596 g/mol. The maximum absolute atomic E-state index is 14.4. The van der Waals surface area contributed by atoms with Crippen LogP contribution in [0.15, 0.2) is 66.6 Å². The molecule has 228 valence electrons. The van der Waals surface area contributed by atoms with Gasteiger partial charge in [0.1, 0.15) is 6.61 Å². The lowest BCUT2D eigenvalue weighted by molar-refractivity contribution is 0.0185. The molecule has 3 rings (SSSR count). The summed E-state index contributed by atoms with van der Waals surface area (Å²) in [6.45, 7) is 17.5. The fourth-order valence-corrected chi connectivity index (χ4v) is 6.03. The van der Waals surface area contributed by atoms with Gasteiger partial charge in [0.05, 0.1) is 42.4 Å². The Bertz CT molecular complexity index is 1300. The van der Waals surface area contributed by atoms with Crippen LogP contribution in [-0.2, 0) is 15.8 Å². The molecule has 0 aromatic heterocycles. The third-order valence-electron chi connectivity index (χ3n) is 6.77. The Morgan fingerprint density at radius 1 is 1.17 bits per heavy atom. The van der Waals surface area contributed by atoms with Gasteiger partial charge < -0.3 is 28.6 Å². The zero-order chi connectivity index (χ0) is 31.2. The minimum absolute atomic E-state index is 0.167. The molecule has 10 heteroatoms. The van der Waals surface area contributed by atoms with Crippen LogP contribution in [0.5, 0.6) is 11.5 Å². The van der Waals surface area contributed by atoms with Gasteiger partial charge in [-0.2, -0.15) is 0 Å². The van der Waals surface area contributed by atoms with Crippen LogP contribution >= 0.6 is 0 Å². The second-order valence-corrected chi connectivity index (χ2v) is 14.2. The highest BCUT2D eigenvalue weighted by Crippen LogP contribution is 2.40. The molecule has 3 atom stereocenters. The highest BCUT2D eigenvalue weighted by molar-refractivity contribution is 6.48. The molecule has 2 amide bonds. The van der Waals surface area contributed by atoms with E-state index in [0.717, 1.165) is 11.1 Å². The van der Waals surface area contributed by atoms with Gasteiger partial charge in [0.2, 0.25) is 0 Å². The summed E-state index contributed by atoms with van der Waals surface area (Å²) in [5.74, 6) is 0.462. The fraction of sp³-hybridized carbons (Fsp3) is 0.438. The highest BCUT2D eigenvalue weighted by atomic mass is 28.3. The Labute approximate surface area is 250 Å². The Hall–Kier alpha value is -3.60. The van der Waals surface area contributed by atoms with Crippen molar-refractivity contribution in [3.63, 3.8) is 0 Å². The molecule has 0 bridgehead atoms. The van der Waals surface area contributed by atoms with Gasteiger partial charge in [-0.15, -0.1) is 0 Å². The first-order chi connectivity index (χ1) is 19.7. The van der Waals surface area contributed by atoms with Gasteiger partial charge >= 0.3 is 6.09 Å². The number of carbonyl (C=O) groups excluding carboxylic acids is 2. The van der Waals surface area contributed by atoms with Crippen LogP contribution in [0.4, 0.5) is 10.5 Å². The highest BCUT2D eigenvalue weighted by Gasteiger charge is 2.43. The van der Waals surface area contributed by atoms with Crippen molar-refractivity contribution in [1.82, 2.24) is 4.90 Å². The topological polar surface area (TPSA) is 107 Å². The molecular weight excluding hydrogens is 552 g/mol. The van der Waals surface area contributed by atoms with Gasteiger partial charge in [-0.05, 0) is 56.0 Å². The molecule has 2 aromatic rings.